The highest BCUT2D eigenvalue weighted by molar-refractivity contribution is 6.32. The maximum absolute atomic E-state index is 9.73. The largest absolute Gasteiger partial charge is 0.506 e. The highest BCUT2D eigenvalue weighted by atomic mass is 35.5. The molecule has 0 aliphatic rings. The van der Waals surface area contributed by atoms with Crippen LogP contribution in [0.25, 0.3) is 0 Å². The Balaban J connectivity index is 2.33. The number of aryl methyl sites for hydroxylation is 1. The molecule has 0 atom stereocenters. The Bertz CT molecular complexity index is 479. The molecular formula is C11H11ClN2O. The van der Waals surface area contributed by atoms with Gasteiger partial charge < -0.3 is 5.11 Å². The molecule has 15 heavy (non-hydrogen) atoms. The average molecular weight is 223 g/mol. The topological polar surface area (TPSA) is 38.0 Å². The highest BCUT2D eigenvalue weighted by Crippen LogP contribution is 2.28. The molecule has 4 heteroatoms. The summed E-state index contributed by atoms with van der Waals surface area (Å²) in [5.41, 5.74) is 1.85. The number of para-hydroxylation sites is 1. The van der Waals surface area contributed by atoms with E-state index >= 15 is 0 Å². The quantitative estimate of drug-likeness (QED) is 0.847. The lowest BCUT2D eigenvalue weighted by molar-refractivity contribution is 0.469. The summed E-state index contributed by atoms with van der Waals surface area (Å²) in [6.07, 6.45) is 2.36. The molecule has 0 fully saturated rings. The van der Waals surface area contributed by atoms with Crippen LogP contribution in [0.3, 0.4) is 0 Å². The zero-order valence-corrected chi connectivity index (χ0v) is 9.07. The standard InChI is InChI=1S/C11H11ClN2O/c1-14-9(5-6-13-14)7-8-3-2-4-10(12)11(8)15/h2-6,15H,7H2,1H3. The van der Waals surface area contributed by atoms with Gasteiger partial charge in [0, 0.05) is 30.9 Å². The fraction of sp³-hybridized carbons (Fsp3) is 0.182. The van der Waals surface area contributed by atoms with Gasteiger partial charge in [-0.2, -0.15) is 5.10 Å². The van der Waals surface area contributed by atoms with E-state index in [0.29, 0.717) is 11.4 Å². The number of aromatic nitrogens is 2. The van der Waals surface area contributed by atoms with Crippen molar-refractivity contribution in [2.75, 3.05) is 0 Å². The third-order valence-corrected chi connectivity index (χ3v) is 2.67. The first-order chi connectivity index (χ1) is 7.18. The molecule has 0 saturated carbocycles. The van der Waals surface area contributed by atoms with E-state index in [1.165, 1.54) is 0 Å². The number of halogens is 1. The second kappa shape index (κ2) is 3.95. The summed E-state index contributed by atoms with van der Waals surface area (Å²) < 4.78 is 1.78. The van der Waals surface area contributed by atoms with Crippen LogP contribution in [0.5, 0.6) is 5.75 Å². The monoisotopic (exact) mass is 222 g/mol. The van der Waals surface area contributed by atoms with Crippen LogP contribution in [0.15, 0.2) is 30.5 Å². The second-order valence-corrected chi connectivity index (χ2v) is 3.78. The fourth-order valence-electron chi connectivity index (χ4n) is 1.47. The molecule has 3 nitrogen and oxygen atoms in total. The van der Waals surface area contributed by atoms with Gasteiger partial charge in [0.05, 0.1) is 5.02 Å². The van der Waals surface area contributed by atoms with Crippen LogP contribution < -0.4 is 0 Å². The van der Waals surface area contributed by atoms with E-state index in [-0.39, 0.29) is 5.75 Å². The minimum absolute atomic E-state index is 0.153. The normalized spacial score (nSPS) is 10.5. The number of phenolic OH excluding ortho intramolecular Hbond substituents is 1. The van der Waals surface area contributed by atoms with Crippen LogP contribution in [0.4, 0.5) is 0 Å². The Morgan fingerprint density at radius 2 is 2.20 bits per heavy atom. The van der Waals surface area contributed by atoms with Gasteiger partial charge in [0.1, 0.15) is 5.75 Å². The number of aromatic hydroxyl groups is 1. The zero-order valence-electron chi connectivity index (χ0n) is 8.31. The first kappa shape index (κ1) is 10.1. The molecule has 1 heterocycles. The van der Waals surface area contributed by atoms with Gasteiger partial charge in [0.25, 0.3) is 0 Å². The van der Waals surface area contributed by atoms with Gasteiger partial charge in [-0.15, -0.1) is 0 Å². The maximum Gasteiger partial charge on any atom is 0.137 e. The number of hydrogen-bond donors (Lipinski definition) is 1. The third kappa shape index (κ3) is 1.97. The molecule has 2 rings (SSSR count). The third-order valence-electron chi connectivity index (χ3n) is 2.36. The molecule has 0 amide bonds. The SMILES string of the molecule is Cn1nccc1Cc1cccc(Cl)c1O. The molecule has 0 saturated heterocycles. The summed E-state index contributed by atoms with van der Waals surface area (Å²) in [7, 11) is 1.87. The molecule has 1 N–H and O–H groups in total. The van der Waals surface area contributed by atoms with E-state index in [0.717, 1.165) is 11.3 Å². The number of hydrogen-bond acceptors (Lipinski definition) is 2. The molecule has 1 aromatic carbocycles. The Morgan fingerprint density at radius 1 is 1.40 bits per heavy atom. The predicted octanol–water partition coefficient (Wildman–Crippen LogP) is 2.37. The van der Waals surface area contributed by atoms with Gasteiger partial charge in [0.2, 0.25) is 0 Å². The lowest BCUT2D eigenvalue weighted by atomic mass is 10.1. The Morgan fingerprint density at radius 3 is 2.87 bits per heavy atom. The van der Waals surface area contributed by atoms with Crippen LogP contribution in [-0.2, 0) is 13.5 Å². The fourth-order valence-corrected chi connectivity index (χ4v) is 1.67. The van der Waals surface area contributed by atoms with Crippen LogP contribution in [0.1, 0.15) is 11.3 Å². The number of rotatable bonds is 2. The Labute approximate surface area is 92.9 Å². The van der Waals surface area contributed by atoms with Crippen molar-refractivity contribution < 1.29 is 5.11 Å². The zero-order chi connectivity index (χ0) is 10.8. The number of benzene rings is 1. The van der Waals surface area contributed by atoms with Gasteiger partial charge >= 0.3 is 0 Å². The molecule has 0 aliphatic carbocycles. The van der Waals surface area contributed by atoms with Gasteiger partial charge in [-0.1, -0.05) is 23.7 Å². The minimum Gasteiger partial charge on any atom is -0.506 e. The summed E-state index contributed by atoms with van der Waals surface area (Å²) >= 11 is 5.82. The minimum atomic E-state index is 0.153. The van der Waals surface area contributed by atoms with Crippen molar-refractivity contribution in [3.8, 4) is 5.75 Å². The van der Waals surface area contributed by atoms with Crippen molar-refractivity contribution in [3.63, 3.8) is 0 Å². The van der Waals surface area contributed by atoms with Crippen molar-refractivity contribution >= 4 is 11.6 Å². The van der Waals surface area contributed by atoms with Crippen molar-refractivity contribution in [2.24, 2.45) is 7.05 Å². The van der Waals surface area contributed by atoms with Crippen LogP contribution in [0, 0.1) is 0 Å². The van der Waals surface area contributed by atoms with Gasteiger partial charge in [-0.25, -0.2) is 0 Å². The van der Waals surface area contributed by atoms with Gasteiger partial charge in [0.15, 0.2) is 0 Å². The average Bonchev–Trinajstić information content (AvgIpc) is 2.60. The molecule has 0 unspecified atom stereocenters. The van der Waals surface area contributed by atoms with Crippen LogP contribution in [-0.4, -0.2) is 14.9 Å². The van der Waals surface area contributed by atoms with E-state index in [9.17, 15) is 5.11 Å². The lowest BCUT2D eigenvalue weighted by Crippen LogP contribution is -1.99. The molecule has 0 spiro atoms. The number of nitrogens with zero attached hydrogens (tertiary/aromatic N) is 2. The lowest BCUT2D eigenvalue weighted by Gasteiger charge is -2.06. The van der Waals surface area contributed by atoms with Crippen LogP contribution >= 0.6 is 11.6 Å². The summed E-state index contributed by atoms with van der Waals surface area (Å²) in [5.74, 6) is 0.153. The van der Waals surface area contributed by atoms with Crippen LogP contribution in [0.2, 0.25) is 5.02 Å². The molecule has 0 aliphatic heterocycles. The summed E-state index contributed by atoms with van der Waals surface area (Å²) in [6, 6.07) is 7.27. The van der Waals surface area contributed by atoms with E-state index in [4.69, 9.17) is 11.6 Å². The van der Waals surface area contributed by atoms with Crippen molar-refractivity contribution in [3.05, 3.63) is 46.7 Å². The molecular weight excluding hydrogens is 212 g/mol. The Kier molecular flexibility index (Phi) is 2.64. The highest BCUT2D eigenvalue weighted by Gasteiger charge is 2.07. The first-order valence-corrected chi connectivity index (χ1v) is 4.99. The molecule has 1 aromatic heterocycles. The van der Waals surface area contributed by atoms with Crippen molar-refractivity contribution in [1.29, 1.82) is 0 Å². The first-order valence-electron chi connectivity index (χ1n) is 4.61. The van der Waals surface area contributed by atoms with Gasteiger partial charge in [-0.3, -0.25) is 4.68 Å². The summed E-state index contributed by atoms with van der Waals surface area (Å²) in [5, 5.41) is 14.2. The van der Waals surface area contributed by atoms with Crippen molar-refractivity contribution in [1.82, 2.24) is 9.78 Å². The smallest absolute Gasteiger partial charge is 0.137 e. The Hall–Kier alpha value is -1.48. The summed E-state index contributed by atoms with van der Waals surface area (Å²) in [6.45, 7) is 0. The van der Waals surface area contributed by atoms with E-state index in [2.05, 4.69) is 5.10 Å². The molecule has 78 valence electrons. The maximum atomic E-state index is 9.73. The molecule has 2 aromatic rings. The number of phenols is 1. The predicted molar refractivity (Wildman–Crippen MR) is 59.1 cm³/mol. The van der Waals surface area contributed by atoms with E-state index in [1.807, 2.05) is 25.2 Å². The van der Waals surface area contributed by atoms with Gasteiger partial charge in [-0.05, 0) is 12.1 Å². The van der Waals surface area contributed by atoms with E-state index < -0.39 is 0 Å². The van der Waals surface area contributed by atoms with E-state index in [1.54, 1.807) is 16.9 Å². The molecule has 0 radical (unpaired) electrons. The molecule has 0 bridgehead atoms. The second-order valence-electron chi connectivity index (χ2n) is 3.37. The summed E-state index contributed by atoms with van der Waals surface area (Å²) in [4.78, 5) is 0. The van der Waals surface area contributed by atoms with Crippen molar-refractivity contribution in [2.45, 2.75) is 6.42 Å².